The molecule has 0 unspecified atom stereocenters. The highest BCUT2D eigenvalue weighted by Crippen LogP contribution is 2.47. The molecule has 2 atom stereocenters. The largest absolute Gasteiger partial charge is 0.470 e. The highest BCUT2D eigenvalue weighted by molar-refractivity contribution is 7.73. The van der Waals surface area contributed by atoms with Crippen molar-refractivity contribution < 1.29 is 4.74 Å². The van der Waals surface area contributed by atoms with Gasteiger partial charge in [0.05, 0.1) is 0 Å². The van der Waals surface area contributed by atoms with Crippen molar-refractivity contribution in [2.45, 2.75) is 26.0 Å². The Balaban J connectivity index is 1.49. The van der Waals surface area contributed by atoms with Crippen molar-refractivity contribution >= 4 is 24.4 Å². The van der Waals surface area contributed by atoms with E-state index in [1.165, 1.54) is 21.7 Å². The van der Waals surface area contributed by atoms with Crippen LogP contribution in [0.25, 0.3) is 0 Å². The first-order valence-corrected chi connectivity index (χ1v) is 13.4. The zero-order chi connectivity index (χ0) is 23.4. The molecular formula is C31H30NOP. The van der Waals surface area contributed by atoms with E-state index < -0.39 is 7.92 Å². The predicted molar refractivity (Wildman–Crippen MR) is 145 cm³/mol. The lowest BCUT2D eigenvalue weighted by molar-refractivity contribution is 0.177. The Morgan fingerprint density at radius 3 is 1.59 bits per heavy atom. The summed E-state index contributed by atoms with van der Waals surface area (Å²) in [6.45, 7) is 4.56. The molecule has 3 heteroatoms. The molecule has 1 heterocycles. The molecule has 2 nitrogen and oxygen atoms in total. The van der Waals surface area contributed by atoms with Gasteiger partial charge in [0.1, 0.15) is 6.04 Å². The Bertz CT molecular complexity index is 1180. The SMILES string of the molecule is CC(C)(CP(c1ccccc1)c1ccccc1)C1=N[C@@H](c2ccccc2)[C@@H](c2ccccc2)O1. The maximum Gasteiger partial charge on any atom is 0.190 e. The lowest BCUT2D eigenvalue weighted by Crippen LogP contribution is -2.31. The monoisotopic (exact) mass is 463 g/mol. The van der Waals surface area contributed by atoms with Crippen molar-refractivity contribution in [3.05, 3.63) is 132 Å². The van der Waals surface area contributed by atoms with Gasteiger partial charge in [-0.1, -0.05) is 135 Å². The Labute approximate surface area is 204 Å². The summed E-state index contributed by atoms with van der Waals surface area (Å²) in [6, 6.07) is 42.7. The molecule has 0 amide bonds. The predicted octanol–water partition coefficient (Wildman–Crippen LogP) is 7.06. The van der Waals surface area contributed by atoms with Crippen LogP contribution in [0.1, 0.15) is 37.1 Å². The Morgan fingerprint density at radius 1 is 0.647 bits per heavy atom. The lowest BCUT2D eigenvalue weighted by atomic mass is 9.96. The summed E-state index contributed by atoms with van der Waals surface area (Å²) in [5.41, 5.74) is 2.14. The molecule has 0 N–H and O–H groups in total. The normalized spacial score (nSPS) is 17.9. The molecule has 5 rings (SSSR count). The number of nitrogens with zero attached hydrogens (tertiary/aromatic N) is 1. The minimum absolute atomic E-state index is 0.0439. The highest BCUT2D eigenvalue weighted by Gasteiger charge is 2.41. The van der Waals surface area contributed by atoms with Gasteiger partial charge in [-0.15, -0.1) is 0 Å². The molecule has 0 fully saturated rings. The van der Waals surface area contributed by atoms with Gasteiger partial charge in [0.15, 0.2) is 12.0 Å². The molecule has 0 aromatic heterocycles. The van der Waals surface area contributed by atoms with Crippen molar-refractivity contribution in [2.24, 2.45) is 10.4 Å². The first-order valence-electron chi connectivity index (χ1n) is 11.8. The summed E-state index contributed by atoms with van der Waals surface area (Å²) in [5.74, 6) is 0.856. The number of hydrogen-bond donors (Lipinski definition) is 0. The van der Waals surface area contributed by atoms with Gasteiger partial charge in [0.2, 0.25) is 0 Å². The topological polar surface area (TPSA) is 21.6 Å². The molecule has 170 valence electrons. The quantitative estimate of drug-likeness (QED) is 0.269. The van der Waals surface area contributed by atoms with Gasteiger partial charge in [-0.05, 0) is 35.8 Å². The summed E-state index contributed by atoms with van der Waals surface area (Å²) in [6.07, 6.45) is 0.857. The van der Waals surface area contributed by atoms with Crippen LogP contribution >= 0.6 is 7.92 Å². The number of benzene rings is 4. The van der Waals surface area contributed by atoms with Gasteiger partial charge in [-0.25, -0.2) is 4.99 Å². The third kappa shape index (κ3) is 4.83. The van der Waals surface area contributed by atoms with E-state index in [9.17, 15) is 0 Å². The minimum atomic E-state index is -0.553. The standard InChI is InChI=1S/C31H30NOP/c1-31(2,23-34(26-19-11-5-12-20-26)27-21-13-6-14-22-27)30-32-28(24-15-7-3-8-16-24)29(33-30)25-17-9-4-10-18-25/h3-22,28-29H,23H2,1-2H3/t28-,29+/m0/s1. The molecule has 0 spiro atoms. The van der Waals surface area contributed by atoms with Gasteiger partial charge < -0.3 is 4.74 Å². The van der Waals surface area contributed by atoms with Crippen LogP contribution in [0.5, 0.6) is 0 Å². The van der Waals surface area contributed by atoms with E-state index in [1.54, 1.807) is 0 Å². The zero-order valence-corrected chi connectivity index (χ0v) is 20.6. The lowest BCUT2D eigenvalue weighted by Gasteiger charge is -2.30. The zero-order valence-electron chi connectivity index (χ0n) is 19.7. The fourth-order valence-corrected chi connectivity index (χ4v) is 7.20. The molecule has 34 heavy (non-hydrogen) atoms. The molecule has 4 aromatic rings. The second-order valence-corrected chi connectivity index (χ2v) is 11.6. The van der Waals surface area contributed by atoms with Gasteiger partial charge in [-0.2, -0.15) is 0 Å². The summed E-state index contributed by atoms with van der Waals surface area (Å²) < 4.78 is 6.71. The van der Waals surface area contributed by atoms with Gasteiger partial charge in [-0.3, -0.25) is 0 Å². The van der Waals surface area contributed by atoms with Gasteiger partial charge in [0, 0.05) is 5.41 Å². The van der Waals surface area contributed by atoms with E-state index in [0.29, 0.717) is 0 Å². The summed E-state index contributed by atoms with van der Waals surface area (Å²) >= 11 is 0. The van der Waals surface area contributed by atoms with Crippen LogP contribution in [-0.4, -0.2) is 12.1 Å². The average molecular weight is 464 g/mol. The third-order valence-corrected chi connectivity index (χ3v) is 9.27. The molecular weight excluding hydrogens is 433 g/mol. The fraction of sp³-hybridized carbons (Fsp3) is 0.194. The summed E-state index contributed by atoms with van der Waals surface area (Å²) in [7, 11) is -0.553. The van der Waals surface area contributed by atoms with Crippen LogP contribution in [0.4, 0.5) is 0 Å². The van der Waals surface area contributed by atoms with Crippen LogP contribution in [0.15, 0.2) is 126 Å². The number of ether oxygens (including phenoxy) is 1. The molecule has 0 saturated heterocycles. The van der Waals surface area contributed by atoms with Crippen LogP contribution in [0.3, 0.4) is 0 Å². The van der Waals surface area contributed by atoms with E-state index in [2.05, 4.69) is 135 Å². The maximum absolute atomic E-state index is 6.71. The molecule has 4 aromatic carbocycles. The Morgan fingerprint density at radius 2 is 1.09 bits per heavy atom. The second kappa shape index (κ2) is 9.95. The van der Waals surface area contributed by atoms with Crippen LogP contribution in [0.2, 0.25) is 0 Å². The van der Waals surface area contributed by atoms with E-state index in [4.69, 9.17) is 9.73 Å². The van der Waals surface area contributed by atoms with Crippen molar-refractivity contribution in [3.63, 3.8) is 0 Å². The first-order chi connectivity index (χ1) is 16.6. The minimum Gasteiger partial charge on any atom is -0.470 e. The number of aliphatic imine (C=N–C) groups is 1. The fourth-order valence-electron chi connectivity index (χ4n) is 4.55. The van der Waals surface area contributed by atoms with Crippen LogP contribution < -0.4 is 10.6 Å². The van der Waals surface area contributed by atoms with Crippen LogP contribution in [-0.2, 0) is 4.74 Å². The van der Waals surface area contributed by atoms with Crippen molar-refractivity contribution in [3.8, 4) is 0 Å². The third-order valence-electron chi connectivity index (χ3n) is 6.32. The first kappa shape index (κ1) is 22.6. The Hall–Kier alpha value is -3.22. The summed E-state index contributed by atoms with van der Waals surface area (Å²) in [5, 5.41) is 2.77. The summed E-state index contributed by atoms with van der Waals surface area (Å²) in [4.78, 5) is 5.23. The van der Waals surface area contributed by atoms with Gasteiger partial charge >= 0.3 is 0 Å². The molecule has 0 saturated carbocycles. The van der Waals surface area contributed by atoms with Crippen molar-refractivity contribution in [1.29, 1.82) is 0 Å². The smallest absolute Gasteiger partial charge is 0.190 e. The van der Waals surface area contributed by atoms with Crippen molar-refractivity contribution in [1.82, 2.24) is 0 Å². The maximum atomic E-state index is 6.71. The van der Waals surface area contributed by atoms with E-state index in [1.807, 2.05) is 0 Å². The molecule has 1 aliphatic heterocycles. The van der Waals surface area contributed by atoms with Gasteiger partial charge in [0.25, 0.3) is 0 Å². The van der Waals surface area contributed by atoms with E-state index in [0.717, 1.165) is 12.1 Å². The highest BCUT2D eigenvalue weighted by atomic mass is 31.1. The molecule has 1 aliphatic rings. The number of rotatable bonds is 7. The molecule has 0 bridgehead atoms. The van der Waals surface area contributed by atoms with Crippen molar-refractivity contribution in [2.75, 3.05) is 6.16 Å². The van der Waals surface area contributed by atoms with E-state index >= 15 is 0 Å². The van der Waals surface area contributed by atoms with Crippen LogP contribution in [0, 0.1) is 5.41 Å². The molecule has 0 aliphatic carbocycles. The average Bonchev–Trinajstić information content (AvgIpc) is 3.36. The molecule has 0 radical (unpaired) electrons. The van der Waals surface area contributed by atoms with E-state index in [-0.39, 0.29) is 17.6 Å². The Kier molecular flexibility index (Phi) is 6.61. The second-order valence-electron chi connectivity index (χ2n) is 9.38. The number of hydrogen-bond acceptors (Lipinski definition) is 2.